The second-order valence-electron chi connectivity index (χ2n) is 7.01. The fourth-order valence-corrected chi connectivity index (χ4v) is 3.37. The number of aromatic nitrogens is 1. The van der Waals surface area contributed by atoms with E-state index in [4.69, 9.17) is 10.4 Å². The van der Waals surface area contributed by atoms with E-state index < -0.39 is 0 Å². The molecule has 4 heteroatoms. The molecular formula is C26H23FN2O. The number of aromatic hydroxyl groups is 1. The maximum absolute atomic E-state index is 13.1. The Bertz CT molecular complexity index is 1130. The molecule has 0 saturated carbocycles. The van der Waals surface area contributed by atoms with E-state index in [9.17, 15) is 4.39 Å². The van der Waals surface area contributed by atoms with Gasteiger partial charge in [-0.2, -0.15) is 5.26 Å². The van der Waals surface area contributed by atoms with Gasteiger partial charge in [0.15, 0.2) is 0 Å². The van der Waals surface area contributed by atoms with Crippen molar-refractivity contribution in [3.63, 3.8) is 0 Å². The fraction of sp³-hybridized carbons (Fsp3) is 0.154. The lowest BCUT2D eigenvalue weighted by molar-refractivity contribution is 0.475. The van der Waals surface area contributed by atoms with Crippen LogP contribution in [0.5, 0.6) is 5.75 Å². The molecule has 1 unspecified atom stereocenters. The first-order valence-electron chi connectivity index (χ1n) is 9.88. The van der Waals surface area contributed by atoms with Crippen LogP contribution < -0.4 is 0 Å². The summed E-state index contributed by atoms with van der Waals surface area (Å²) in [5, 5.41) is 18.2. The lowest BCUT2D eigenvalue weighted by Gasteiger charge is -2.16. The van der Waals surface area contributed by atoms with Crippen molar-refractivity contribution in [1.29, 1.82) is 5.26 Å². The number of halogens is 1. The van der Waals surface area contributed by atoms with Gasteiger partial charge in [-0.05, 0) is 78.4 Å². The quantitative estimate of drug-likeness (QED) is 0.434. The van der Waals surface area contributed by atoms with Crippen molar-refractivity contribution < 1.29 is 9.50 Å². The average molecular weight is 398 g/mol. The number of para-hydroxylation sites is 1. The van der Waals surface area contributed by atoms with Crippen LogP contribution >= 0.6 is 0 Å². The number of fused-ring (bicyclic) bond motifs is 1. The molecule has 4 rings (SSSR count). The minimum absolute atomic E-state index is 0.178. The molecule has 0 radical (unpaired) electrons. The Morgan fingerprint density at radius 2 is 1.67 bits per heavy atom. The number of nitrogens with zero attached hydrogens (tertiary/aromatic N) is 2. The second kappa shape index (κ2) is 10.2. The number of hydrogen-bond donors (Lipinski definition) is 1. The third-order valence-corrected chi connectivity index (χ3v) is 5.04. The molecule has 0 aliphatic heterocycles. The summed E-state index contributed by atoms with van der Waals surface area (Å²) in [6.07, 6.45) is 3.85. The van der Waals surface area contributed by atoms with E-state index in [1.54, 1.807) is 24.3 Å². The van der Waals surface area contributed by atoms with Gasteiger partial charge in [-0.25, -0.2) is 4.39 Å². The summed E-state index contributed by atoms with van der Waals surface area (Å²) in [5.74, 6) is 0.411. The molecule has 0 aliphatic rings. The highest BCUT2D eigenvalue weighted by Gasteiger charge is 2.12. The molecule has 0 aliphatic carbocycles. The Morgan fingerprint density at radius 1 is 0.967 bits per heavy atom. The van der Waals surface area contributed by atoms with Gasteiger partial charge >= 0.3 is 0 Å². The number of pyridine rings is 1. The van der Waals surface area contributed by atoms with Crippen molar-refractivity contribution in [3.05, 3.63) is 108 Å². The maximum Gasteiger partial charge on any atom is 0.123 e. The van der Waals surface area contributed by atoms with E-state index in [0.29, 0.717) is 11.5 Å². The van der Waals surface area contributed by atoms with E-state index in [1.165, 1.54) is 28.6 Å². The van der Waals surface area contributed by atoms with E-state index >= 15 is 0 Å². The van der Waals surface area contributed by atoms with Gasteiger partial charge in [-0.3, -0.25) is 4.98 Å². The highest BCUT2D eigenvalue weighted by Crippen LogP contribution is 2.27. The van der Waals surface area contributed by atoms with Gasteiger partial charge in [-0.15, -0.1) is 0 Å². The van der Waals surface area contributed by atoms with E-state index in [-0.39, 0.29) is 11.6 Å². The van der Waals surface area contributed by atoms with E-state index in [2.05, 4.69) is 24.0 Å². The Hall–Kier alpha value is -3.71. The molecule has 1 N–H and O–H groups in total. The lowest BCUT2D eigenvalue weighted by Crippen LogP contribution is -2.03. The van der Waals surface area contributed by atoms with Gasteiger partial charge in [0.1, 0.15) is 11.6 Å². The van der Waals surface area contributed by atoms with E-state index in [0.717, 1.165) is 18.4 Å². The standard InChI is InChI=1S/C19H18FN.C7H5NO/c1-2-14(15-7-9-17(20)10-8-15)13-16-11-12-21-19-6-4-3-5-18(16)19;8-5-6-1-3-7(9)4-2-6/h3-12,14H,2,13H2,1H3;1-4,9H. The maximum atomic E-state index is 13.1. The predicted octanol–water partition coefficient (Wildman–Crippen LogP) is 6.37. The molecule has 4 aromatic rings. The smallest absolute Gasteiger partial charge is 0.123 e. The average Bonchev–Trinajstić information content (AvgIpc) is 2.79. The van der Waals surface area contributed by atoms with Crippen LogP contribution in [-0.2, 0) is 6.42 Å². The summed E-state index contributed by atoms with van der Waals surface area (Å²) < 4.78 is 13.1. The molecule has 30 heavy (non-hydrogen) atoms. The number of phenols is 1. The number of phenolic OH excluding ortho intramolecular Hbond substituents is 1. The summed E-state index contributed by atoms with van der Waals surface area (Å²) in [4.78, 5) is 4.41. The topological polar surface area (TPSA) is 56.9 Å². The predicted molar refractivity (Wildman–Crippen MR) is 118 cm³/mol. The van der Waals surface area contributed by atoms with Gasteiger partial charge in [-0.1, -0.05) is 37.3 Å². The highest BCUT2D eigenvalue weighted by molar-refractivity contribution is 5.81. The summed E-state index contributed by atoms with van der Waals surface area (Å²) in [6.45, 7) is 2.18. The number of benzene rings is 3. The van der Waals surface area contributed by atoms with Gasteiger partial charge in [0.2, 0.25) is 0 Å². The second-order valence-corrected chi connectivity index (χ2v) is 7.01. The molecule has 1 aromatic heterocycles. The molecule has 1 atom stereocenters. The SMILES string of the molecule is CCC(Cc1ccnc2ccccc12)c1ccc(F)cc1.N#Cc1ccc(O)cc1. The molecule has 3 aromatic carbocycles. The first-order chi connectivity index (χ1) is 14.6. The molecule has 3 nitrogen and oxygen atoms in total. The molecule has 150 valence electrons. The Balaban J connectivity index is 0.000000239. The summed E-state index contributed by atoms with van der Waals surface area (Å²) in [5.41, 5.74) is 4.09. The van der Waals surface area contributed by atoms with Crippen LogP contribution in [0, 0.1) is 17.1 Å². The van der Waals surface area contributed by atoms with Crippen molar-refractivity contribution in [3.8, 4) is 11.8 Å². The summed E-state index contributed by atoms with van der Waals surface area (Å²) in [6, 6.07) is 25.2. The number of nitriles is 1. The minimum Gasteiger partial charge on any atom is -0.508 e. The molecule has 0 saturated heterocycles. The third kappa shape index (κ3) is 5.42. The minimum atomic E-state index is -0.178. The van der Waals surface area contributed by atoms with Crippen molar-refractivity contribution in [2.45, 2.75) is 25.7 Å². The summed E-state index contributed by atoms with van der Waals surface area (Å²) >= 11 is 0. The van der Waals surface area contributed by atoms with Crippen LogP contribution in [0.2, 0.25) is 0 Å². The normalized spacial score (nSPS) is 11.2. The molecule has 0 amide bonds. The third-order valence-electron chi connectivity index (χ3n) is 5.04. The van der Waals surface area contributed by atoms with Crippen LogP contribution in [-0.4, -0.2) is 10.1 Å². The molecule has 0 spiro atoms. The van der Waals surface area contributed by atoms with Gasteiger partial charge < -0.3 is 5.11 Å². The monoisotopic (exact) mass is 398 g/mol. The van der Waals surface area contributed by atoms with Gasteiger partial charge in [0.25, 0.3) is 0 Å². The van der Waals surface area contributed by atoms with Crippen LogP contribution in [0.25, 0.3) is 10.9 Å². The van der Waals surface area contributed by atoms with Crippen LogP contribution in [0.1, 0.15) is 36.0 Å². The summed E-state index contributed by atoms with van der Waals surface area (Å²) in [7, 11) is 0. The molecular weight excluding hydrogens is 375 g/mol. The lowest BCUT2D eigenvalue weighted by atomic mass is 9.89. The van der Waals surface area contributed by atoms with Crippen molar-refractivity contribution in [2.75, 3.05) is 0 Å². The van der Waals surface area contributed by atoms with Crippen molar-refractivity contribution in [1.82, 2.24) is 4.98 Å². The van der Waals surface area contributed by atoms with Gasteiger partial charge in [0, 0.05) is 11.6 Å². The van der Waals surface area contributed by atoms with Crippen LogP contribution in [0.3, 0.4) is 0 Å². The zero-order valence-corrected chi connectivity index (χ0v) is 16.8. The highest BCUT2D eigenvalue weighted by atomic mass is 19.1. The zero-order chi connectivity index (χ0) is 21.3. The largest absolute Gasteiger partial charge is 0.508 e. The van der Waals surface area contributed by atoms with Gasteiger partial charge in [0.05, 0.1) is 17.1 Å². The Kier molecular flexibility index (Phi) is 7.13. The Labute approximate surface area is 176 Å². The molecule has 1 heterocycles. The van der Waals surface area contributed by atoms with Crippen molar-refractivity contribution >= 4 is 10.9 Å². The van der Waals surface area contributed by atoms with E-state index in [1.807, 2.05) is 42.6 Å². The first kappa shape index (κ1) is 21.0. The van der Waals surface area contributed by atoms with Crippen LogP contribution in [0.15, 0.2) is 85.1 Å². The van der Waals surface area contributed by atoms with Crippen LogP contribution in [0.4, 0.5) is 4.39 Å². The number of hydrogen-bond acceptors (Lipinski definition) is 3. The zero-order valence-electron chi connectivity index (χ0n) is 16.8. The fourth-order valence-electron chi connectivity index (χ4n) is 3.37. The number of rotatable bonds is 4. The van der Waals surface area contributed by atoms with Crippen molar-refractivity contribution in [2.24, 2.45) is 0 Å². The Morgan fingerprint density at radius 3 is 2.33 bits per heavy atom. The first-order valence-corrected chi connectivity index (χ1v) is 9.88. The molecule has 0 bridgehead atoms. The molecule has 0 fully saturated rings.